The molecule has 0 bridgehead atoms. The Bertz CT molecular complexity index is 681. The van der Waals surface area contributed by atoms with Crippen molar-refractivity contribution >= 4 is 5.78 Å². The van der Waals surface area contributed by atoms with Crippen molar-refractivity contribution in [1.29, 1.82) is 5.26 Å². The van der Waals surface area contributed by atoms with Crippen LogP contribution in [0.15, 0.2) is 48.5 Å². The molecule has 0 aromatic heterocycles. The lowest BCUT2D eigenvalue weighted by atomic mass is 10.0. The molecule has 0 spiro atoms. The molecule has 0 aliphatic heterocycles. The number of rotatable bonds is 3. The van der Waals surface area contributed by atoms with E-state index in [1.54, 1.807) is 0 Å². The van der Waals surface area contributed by atoms with E-state index in [4.69, 9.17) is 10.00 Å². The minimum atomic E-state index is 0.0262. The summed E-state index contributed by atoms with van der Waals surface area (Å²) in [6.07, 6.45) is 2.00. The minimum Gasteiger partial charge on any atom is -0.490 e. The van der Waals surface area contributed by atoms with Crippen molar-refractivity contribution in [2.75, 3.05) is 0 Å². The first-order chi connectivity index (χ1) is 10.2. The molecule has 21 heavy (non-hydrogen) atoms. The number of nitrogens with zero attached hydrogens (tertiary/aromatic N) is 1. The van der Waals surface area contributed by atoms with Gasteiger partial charge in [-0.3, -0.25) is 4.79 Å². The van der Waals surface area contributed by atoms with Gasteiger partial charge in [0.15, 0.2) is 0 Å². The lowest BCUT2D eigenvalue weighted by Gasteiger charge is -2.12. The number of ether oxygens (including phenoxy) is 1. The molecule has 0 radical (unpaired) electrons. The smallest absolute Gasteiger partial charge is 0.136 e. The fourth-order valence-electron chi connectivity index (χ4n) is 2.54. The van der Waals surface area contributed by atoms with Gasteiger partial charge in [0, 0.05) is 12.8 Å². The summed E-state index contributed by atoms with van der Waals surface area (Å²) in [7, 11) is 0. The van der Waals surface area contributed by atoms with Gasteiger partial charge in [0.2, 0.25) is 0 Å². The van der Waals surface area contributed by atoms with Crippen molar-refractivity contribution in [3.05, 3.63) is 54.1 Å². The van der Waals surface area contributed by atoms with Crippen molar-refractivity contribution in [3.8, 4) is 22.9 Å². The standard InChI is InChI=1S/C18H15NO2/c19-12-13-1-3-14(4-2-13)15-5-8-17(9-6-15)21-18-10-7-16(20)11-18/h1-6,8-9,18H,7,10-11H2. The van der Waals surface area contributed by atoms with E-state index in [1.165, 1.54) is 0 Å². The van der Waals surface area contributed by atoms with E-state index in [0.29, 0.717) is 18.4 Å². The van der Waals surface area contributed by atoms with Gasteiger partial charge in [-0.25, -0.2) is 0 Å². The highest BCUT2D eigenvalue weighted by Crippen LogP contribution is 2.26. The second-order valence-electron chi connectivity index (χ2n) is 5.23. The van der Waals surface area contributed by atoms with Gasteiger partial charge in [-0.05, 0) is 41.8 Å². The molecule has 0 heterocycles. The normalized spacial score (nSPS) is 17.5. The molecular formula is C18H15NO2. The Balaban J connectivity index is 1.71. The molecule has 2 aromatic carbocycles. The predicted octanol–water partition coefficient (Wildman–Crippen LogP) is 3.73. The second kappa shape index (κ2) is 5.80. The highest BCUT2D eigenvalue weighted by atomic mass is 16.5. The number of Topliss-reactive ketones (excluding diaryl/α,β-unsaturated/α-hetero) is 1. The molecule has 1 aliphatic carbocycles. The second-order valence-corrected chi connectivity index (χ2v) is 5.23. The molecule has 1 unspecified atom stereocenters. The Morgan fingerprint density at radius 3 is 2.14 bits per heavy atom. The first-order valence-corrected chi connectivity index (χ1v) is 7.03. The Morgan fingerprint density at radius 2 is 1.62 bits per heavy atom. The van der Waals surface area contributed by atoms with Gasteiger partial charge in [0.1, 0.15) is 17.6 Å². The first kappa shape index (κ1) is 13.4. The van der Waals surface area contributed by atoms with E-state index in [1.807, 2.05) is 48.5 Å². The van der Waals surface area contributed by atoms with Crippen LogP contribution in [0.5, 0.6) is 5.75 Å². The Morgan fingerprint density at radius 1 is 1.00 bits per heavy atom. The third kappa shape index (κ3) is 3.11. The topological polar surface area (TPSA) is 50.1 Å². The van der Waals surface area contributed by atoms with Crippen LogP contribution < -0.4 is 4.74 Å². The molecule has 1 atom stereocenters. The lowest BCUT2D eigenvalue weighted by molar-refractivity contribution is -0.117. The molecule has 0 saturated heterocycles. The van der Waals surface area contributed by atoms with Gasteiger partial charge in [-0.2, -0.15) is 5.26 Å². The summed E-state index contributed by atoms with van der Waals surface area (Å²) < 4.78 is 5.81. The quantitative estimate of drug-likeness (QED) is 0.859. The first-order valence-electron chi connectivity index (χ1n) is 7.03. The molecule has 1 fully saturated rings. The van der Waals surface area contributed by atoms with Crippen LogP contribution in [-0.2, 0) is 4.79 Å². The van der Waals surface area contributed by atoms with Crippen molar-refractivity contribution < 1.29 is 9.53 Å². The monoisotopic (exact) mass is 277 g/mol. The number of carbonyl (C=O) groups is 1. The Kier molecular flexibility index (Phi) is 3.70. The van der Waals surface area contributed by atoms with Crippen molar-refractivity contribution in [1.82, 2.24) is 0 Å². The molecule has 3 nitrogen and oxygen atoms in total. The average molecular weight is 277 g/mol. The average Bonchev–Trinajstić information content (AvgIpc) is 2.93. The predicted molar refractivity (Wildman–Crippen MR) is 79.9 cm³/mol. The fourth-order valence-corrected chi connectivity index (χ4v) is 2.54. The van der Waals surface area contributed by atoms with Crippen LogP contribution in [0.2, 0.25) is 0 Å². The van der Waals surface area contributed by atoms with Crippen LogP contribution >= 0.6 is 0 Å². The Labute approximate surface area is 123 Å². The van der Waals surface area contributed by atoms with Crippen LogP contribution in [0.3, 0.4) is 0 Å². The van der Waals surface area contributed by atoms with Gasteiger partial charge < -0.3 is 4.74 Å². The zero-order valence-electron chi connectivity index (χ0n) is 11.6. The van der Waals surface area contributed by atoms with Crippen LogP contribution in [0.4, 0.5) is 0 Å². The van der Waals surface area contributed by atoms with Crippen LogP contribution in [0.1, 0.15) is 24.8 Å². The number of carbonyl (C=O) groups excluding carboxylic acids is 1. The SMILES string of the molecule is N#Cc1ccc(-c2ccc(OC3CCC(=O)C3)cc2)cc1. The van der Waals surface area contributed by atoms with E-state index in [9.17, 15) is 4.79 Å². The maximum atomic E-state index is 11.2. The molecular weight excluding hydrogens is 262 g/mol. The van der Waals surface area contributed by atoms with E-state index < -0.39 is 0 Å². The maximum Gasteiger partial charge on any atom is 0.136 e. The number of hydrogen-bond donors (Lipinski definition) is 0. The number of ketones is 1. The summed E-state index contributed by atoms with van der Waals surface area (Å²) in [4.78, 5) is 11.2. The van der Waals surface area contributed by atoms with Crippen molar-refractivity contribution in [2.45, 2.75) is 25.4 Å². The van der Waals surface area contributed by atoms with Gasteiger partial charge in [-0.15, -0.1) is 0 Å². The molecule has 2 aromatic rings. The Hall–Kier alpha value is -2.60. The van der Waals surface area contributed by atoms with E-state index in [2.05, 4.69) is 6.07 Å². The number of hydrogen-bond acceptors (Lipinski definition) is 3. The van der Waals surface area contributed by atoms with Gasteiger partial charge in [0.25, 0.3) is 0 Å². The van der Waals surface area contributed by atoms with Crippen molar-refractivity contribution in [3.63, 3.8) is 0 Å². The zero-order valence-corrected chi connectivity index (χ0v) is 11.6. The van der Waals surface area contributed by atoms with Gasteiger partial charge >= 0.3 is 0 Å². The highest BCUT2D eigenvalue weighted by molar-refractivity contribution is 5.81. The molecule has 104 valence electrons. The summed E-state index contributed by atoms with van der Waals surface area (Å²) in [5.74, 6) is 1.08. The van der Waals surface area contributed by atoms with E-state index in [-0.39, 0.29) is 11.9 Å². The molecule has 1 saturated carbocycles. The fraction of sp³-hybridized carbons (Fsp3) is 0.222. The summed E-state index contributed by atoms with van der Waals surface area (Å²) in [5.41, 5.74) is 2.80. The number of nitriles is 1. The molecule has 3 heteroatoms. The zero-order chi connectivity index (χ0) is 14.7. The third-order valence-corrected chi connectivity index (χ3v) is 3.70. The van der Waals surface area contributed by atoms with E-state index >= 15 is 0 Å². The molecule has 1 aliphatic rings. The number of benzene rings is 2. The summed E-state index contributed by atoms with van der Waals surface area (Å²) in [6.45, 7) is 0. The molecule has 0 N–H and O–H groups in total. The van der Waals surface area contributed by atoms with E-state index in [0.717, 1.165) is 23.3 Å². The van der Waals surface area contributed by atoms with Crippen LogP contribution in [-0.4, -0.2) is 11.9 Å². The maximum absolute atomic E-state index is 11.2. The van der Waals surface area contributed by atoms with Crippen molar-refractivity contribution in [2.24, 2.45) is 0 Å². The largest absolute Gasteiger partial charge is 0.490 e. The summed E-state index contributed by atoms with van der Waals surface area (Å²) in [6, 6.07) is 17.4. The summed E-state index contributed by atoms with van der Waals surface area (Å²) >= 11 is 0. The van der Waals surface area contributed by atoms with Crippen LogP contribution in [0.25, 0.3) is 11.1 Å². The molecule has 0 amide bonds. The molecule has 3 rings (SSSR count). The van der Waals surface area contributed by atoms with Crippen LogP contribution in [0, 0.1) is 11.3 Å². The highest BCUT2D eigenvalue weighted by Gasteiger charge is 2.23. The third-order valence-electron chi connectivity index (χ3n) is 3.70. The minimum absolute atomic E-state index is 0.0262. The lowest BCUT2D eigenvalue weighted by Crippen LogP contribution is -2.11. The summed E-state index contributed by atoms with van der Waals surface area (Å²) in [5, 5.41) is 8.80. The van der Waals surface area contributed by atoms with Gasteiger partial charge in [-0.1, -0.05) is 24.3 Å². The van der Waals surface area contributed by atoms with Gasteiger partial charge in [0.05, 0.1) is 11.6 Å².